The number of aromatic nitrogens is 1. The highest BCUT2D eigenvalue weighted by Crippen LogP contribution is 2.22. The minimum Gasteiger partial charge on any atom is -0.342 e. The average Bonchev–Trinajstić information content (AvgIpc) is 2.94. The van der Waals surface area contributed by atoms with Crippen molar-refractivity contribution < 1.29 is 4.79 Å². The Kier molecular flexibility index (Phi) is 3.97. The van der Waals surface area contributed by atoms with Gasteiger partial charge in [-0.05, 0) is 32.3 Å². The van der Waals surface area contributed by atoms with Gasteiger partial charge in [0.05, 0.1) is 5.02 Å². The Bertz CT molecular complexity index is 441. The van der Waals surface area contributed by atoms with E-state index in [1.165, 1.54) is 0 Å². The number of rotatable bonds is 3. The van der Waals surface area contributed by atoms with E-state index in [0.717, 1.165) is 26.1 Å². The Morgan fingerprint density at radius 3 is 2.94 bits per heavy atom. The van der Waals surface area contributed by atoms with E-state index in [1.807, 2.05) is 23.3 Å². The largest absolute Gasteiger partial charge is 0.342 e. The van der Waals surface area contributed by atoms with Gasteiger partial charge in [0, 0.05) is 31.9 Å². The van der Waals surface area contributed by atoms with Gasteiger partial charge in [-0.25, -0.2) is 0 Å². The molecule has 0 saturated carbocycles. The van der Waals surface area contributed by atoms with Gasteiger partial charge in [-0.2, -0.15) is 0 Å². The van der Waals surface area contributed by atoms with Gasteiger partial charge in [-0.15, -0.1) is 0 Å². The molecule has 1 aromatic heterocycles. The molecule has 1 aliphatic heterocycles. The monoisotopic (exact) mass is 269 g/mol. The van der Waals surface area contributed by atoms with E-state index >= 15 is 0 Å². The van der Waals surface area contributed by atoms with E-state index in [2.05, 4.69) is 0 Å². The van der Waals surface area contributed by atoms with Crippen LogP contribution in [0.1, 0.15) is 30.8 Å². The number of hydrogen-bond donors (Lipinski definition) is 1. The predicted octanol–water partition coefficient (Wildman–Crippen LogP) is 1.97. The number of nitrogens with zero attached hydrogens (tertiary/aromatic N) is 2. The number of halogens is 1. The van der Waals surface area contributed by atoms with E-state index in [1.54, 1.807) is 12.3 Å². The summed E-state index contributed by atoms with van der Waals surface area (Å²) in [5.41, 5.74) is 6.57. The average molecular weight is 270 g/mol. The van der Waals surface area contributed by atoms with Gasteiger partial charge in [-0.3, -0.25) is 4.79 Å². The van der Waals surface area contributed by atoms with E-state index in [4.69, 9.17) is 17.3 Å². The maximum Gasteiger partial charge on any atom is 0.270 e. The summed E-state index contributed by atoms with van der Waals surface area (Å²) in [6, 6.07) is 1.89. The first-order chi connectivity index (χ1) is 8.52. The minimum absolute atomic E-state index is 0.0619. The Balaban J connectivity index is 2.12. The molecule has 1 aliphatic rings. The second-order valence-electron chi connectivity index (χ2n) is 4.99. The highest BCUT2D eigenvalue weighted by Gasteiger charge is 2.30. The van der Waals surface area contributed by atoms with Crippen LogP contribution in [0.3, 0.4) is 0 Å². The number of carbonyl (C=O) groups is 1. The predicted molar refractivity (Wildman–Crippen MR) is 72.8 cm³/mol. The first kappa shape index (κ1) is 13.4. The number of hydrogen-bond acceptors (Lipinski definition) is 2. The Hall–Kier alpha value is -1.00. The van der Waals surface area contributed by atoms with E-state index < -0.39 is 0 Å². The first-order valence-corrected chi connectivity index (χ1v) is 6.81. The molecule has 2 unspecified atom stereocenters. The minimum atomic E-state index is 0.0619. The molecule has 0 spiro atoms. The van der Waals surface area contributed by atoms with Gasteiger partial charge in [0.25, 0.3) is 5.91 Å². The molecule has 1 amide bonds. The van der Waals surface area contributed by atoms with Crippen molar-refractivity contribution >= 4 is 17.5 Å². The van der Waals surface area contributed by atoms with Crippen LogP contribution in [0.25, 0.3) is 0 Å². The van der Waals surface area contributed by atoms with Crippen molar-refractivity contribution in [3.8, 4) is 0 Å². The van der Waals surface area contributed by atoms with Crippen LogP contribution in [0.5, 0.6) is 0 Å². The van der Waals surface area contributed by atoms with Gasteiger partial charge in [0.1, 0.15) is 5.69 Å². The summed E-state index contributed by atoms with van der Waals surface area (Å²) in [5.74, 6) is 0.473. The van der Waals surface area contributed by atoms with Crippen LogP contribution in [0.2, 0.25) is 5.02 Å². The number of likely N-dealkylation sites (tertiary alicyclic amines) is 1. The quantitative estimate of drug-likeness (QED) is 0.912. The fourth-order valence-corrected chi connectivity index (χ4v) is 2.70. The molecule has 0 radical (unpaired) electrons. The van der Waals surface area contributed by atoms with E-state index in [0.29, 0.717) is 16.6 Å². The van der Waals surface area contributed by atoms with Gasteiger partial charge in [-0.1, -0.05) is 11.6 Å². The summed E-state index contributed by atoms with van der Waals surface area (Å²) < 4.78 is 1.89. The third-order valence-electron chi connectivity index (χ3n) is 3.68. The lowest BCUT2D eigenvalue weighted by molar-refractivity contribution is 0.0775. The standard InChI is InChI=1S/C13H20ClN3O/c1-3-16-8-11(14)6-12(16)13(18)17-5-4-10(7-17)9(2)15/h6,8-10H,3-5,7,15H2,1-2H3. The summed E-state index contributed by atoms with van der Waals surface area (Å²) in [5, 5.41) is 0.614. The second-order valence-corrected chi connectivity index (χ2v) is 5.43. The smallest absolute Gasteiger partial charge is 0.270 e. The third kappa shape index (κ3) is 2.54. The summed E-state index contributed by atoms with van der Waals surface area (Å²) in [7, 11) is 0. The topological polar surface area (TPSA) is 51.3 Å². The van der Waals surface area contributed by atoms with Crippen molar-refractivity contribution in [1.29, 1.82) is 0 Å². The number of nitrogens with two attached hydrogens (primary N) is 1. The molecule has 2 heterocycles. The molecule has 2 N–H and O–H groups in total. The zero-order valence-corrected chi connectivity index (χ0v) is 11.7. The van der Waals surface area contributed by atoms with Gasteiger partial charge in [0.15, 0.2) is 0 Å². The van der Waals surface area contributed by atoms with Crippen molar-refractivity contribution in [3.05, 3.63) is 23.0 Å². The van der Waals surface area contributed by atoms with Crippen molar-refractivity contribution in [2.75, 3.05) is 13.1 Å². The molecule has 4 nitrogen and oxygen atoms in total. The molecule has 0 aromatic carbocycles. The van der Waals surface area contributed by atoms with Crippen LogP contribution >= 0.6 is 11.6 Å². The van der Waals surface area contributed by atoms with Gasteiger partial charge in [0.2, 0.25) is 0 Å². The van der Waals surface area contributed by atoms with Crippen molar-refractivity contribution in [2.24, 2.45) is 11.7 Å². The second kappa shape index (κ2) is 5.33. The van der Waals surface area contributed by atoms with Crippen molar-refractivity contribution in [2.45, 2.75) is 32.9 Å². The van der Waals surface area contributed by atoms with E-state index in [-0.39, 0.29) is 11.9 Å². The molecule has 0 aliphatic carbocycles. The lowest BCUT2D eigenvalue weighted by Crippen LogP contribution is -2.33. The van der Waals surface area contributed by atoms with Crippen LogP contribution < -0.4 is 5.73 Å². The van der Waals surface area contributed by atoms with E-state index in [9.17, 15) is 4.79 Å². The number of aryl methyl sites for hydroxylation is 1. The maximum absolute atomic E-state index is 12.4. The third-order valence-corrected chi connectivity index (χ3v) is 3.89. The molecule has 2 rings (SSSR count). The number of amides is 1. The highest BCUT2D eigenvalue weighted by molar-refractivity contribution is 6.31. The lowest BCUT2D eigenvalue weighted by atomic mass is 10.0. The Morgan fingerprint density at radius 1 is 1.67 bits per heavy atom. The van der Waals surface area contributed by atoms with Gasteiger partial charge >= 0.3 is 0 Å². The molecule has 18 heavy (non-hydrogen) atoms. The molecule has 2 atom stereocenters. The van der Waals surface area contributed by atoms with Crippen LogP contribution in [0.15, 0.2) is 12.3 Å². The van der Waals surface area contributed by atoms with Crippen LogP contribution in [-0.4, -0.2) is 34.5 Å². The molecule has 0 bridgehead atoms. The Labute approximate surface area is 113 Å². The van der Waals surface area contributed by atoms with Crippen LogP contribution in [0, 0.1) is 5.92 Å². The fraction of sp³-hybridized carbons (Fsp3) is 0.615. The summed E-state index contributed by atoms with van der Waals surface area (Å²) in [6.07, 6.45) is 2.79. The lowest BCUT2D eigenvalue weighted by Gasteiger charge is -2.18. The molecule has 1 fully saturated rings. The van der Waals surface area contributed by atoms with Crippen molar-refractivity contribution in [3.63, 3.8) is 0 Å². The van der Waals surface area contributed by atoms with Gasteiger partial charge < -0.3 is 15.2 Å². The summed E-state index contributed by atoms with van der Waals surface area (Å²) in [4.78, 5) is 14.3. The maximum atomic E-state index is 12.4. The zero-order chi connectivity index (χ0) is 13.3. The molecular weight excluding hydrogens is 250 g/mol. The highest BCUT2D eigenvalue weighted by atomic mass is 35.5. The van der Waals surface area contributed by atoms with Crippen LogP contribution in [0.4, 0.5) is 0 Å². The van der Waals surface area contributed by atoms with Crippen molar-refractivity contribution in [1.82, 2.24) is 9.47 Å². The first-order valence-electron chi connectivity index (χ1n) is 6.43. The molecule has 5 heteroatoms. The Morgan fingerprint density at radius 2 is 2.39 bits per heavy atom. The fourth-order valence-electron chi connectivity index (χ4n) is 2.48. The number of carbonyl (C=O) groups excluding carboxylic acids is 1. The summed E-state index contributed by atoms with van der Waals surface area (Å²) >= 11 is 5.96. The molecule has 100 valence electrons. The molecule has 1 saturated heterocycles. The summed E-state index contributed by atoms with van der Waals surface area (Å²) in [6.45, 7) is 6.30. The molecular formula is C13H20ClN3O. The SMILES string of the molecule is CCn1cc(Cl)cc1C(=O)N1CCC(C(C)N)C1. The molecule has 1 aromatic rings. The van der Waals surface area contributed by atoms with Crippen LogP contribution in [-0.2, 0) is 6.54 Å². The normalized spacial score (nSPS) is 21.3. The zero-order valence-electron chi connectivity index (χ0n) is 10.9.